The molecule has 23 heavy (non-hydrogen) atoms. The number of hydrogen-bond donors (Lipinski definition) is 3. The van der Waals surface area contributed by atoms with Gasteiger partial charge in [-0.25, -0.2) is 4.79 Å². The number of nitrogens with zero attached hydrogens (tertiary/aromatic N) is 1. The summed E-state index contributed by atoms with van der Waals surface area (Å²) < 4.78 is 0. The third kappa shape index (κ3) is 4.44. The summed E-state index contributed by atoms with van der Waals surface area (Å²) in [6.07, 6.45) is 1.52. The average molecular weight is 316 g/mol. The Morgan fingerprint density at radius 2 is 1.87 bits per heavy atom. The third-order valence-corrected chi connectivity index (χ3v) is 3.35. The van der Waals surface area contributed by atoms with Crippen molar-refractivity contribution in [3.8, 4) is 5.75 Å². The molecular weight excluding hydrogens is 300 g/mol. The summed E-state index contributed by atoms with van der Waals surface area (Å²) >= 11 is 0. The highest BCUT2D eigenvalue weighted by Crippen LogP contribution is 2.21. The number of nitro groups is 1. The fraction of sp³-hybridized carbons (Fsp3) is 0.188. The fourth-order valence-electron chi connectivity index (χ4n) is 2.13. The van der Waals surface area contributed by atoms with Crippen LogP contribution in [-0.2, 0) is 6.42 Å². The summed E-state index contributed by atoms with van der Waals surface area (Å²) in [4.78, 5) is 21.1. The molecular formula is C16H16N2O5. The van der Waals surface area contributed by atoms with Crippen LogP contribution in [0.1, 0.15) is 22.3 Å². The number of aromatic hydroxyl groups is 1. The molecule has 0 amide bonds. The number of nitro benzene ring substituents is 1. The Morgan fingerprint density at radius 1 is 1.17 bits per heavy atom. The van der Waals surface area contributed by atoms with Gasteiger partial charge in [0.25, 0.3) is 5.69 Å². The minimum absolute atomic E-state index is 0.0668. The van der Waals surface area contributed by atoms with Gasteiger partial charge in [0.05, 0.1) is 4.92 Å². The molecule has 0 saturated heterocycles. The molecule has 0 aliphatic heterocycles. The molecule has 0 aliphatic rings. The standard InChI is InChI=1S/C16H16N2O5/c19-15-8-5-12(10-14(15)16(20)21)17-9-1-2-11-3-6-13(7-4-11)18(22)23/h3-8,10,17,19H,1-2,9H2,(H,20,21). The quantitative estimate of drug-likeness (QED) is 0.313. The highest BCUT2D eigenvalue weighted by atomic mass is 16.6. The molecule has 2 aromatic rings. The van der Waals surface area contributed by atoms with Gasteiger partial charge in [-0.2, -0.15) is 0 Å². The van der Waals surface area contributed by atoms with Gasteiger partial charge in [-0.15, -0.1) is 0 Å². The molecule has 0 unspecified atom stereocenters. The SMILES string of the molecule is O=C(O)c1cc(NCCCc2ccc([N+](=O)[O-])cc2)ccc1O. The summed E-state index contributed by atoms with van der Waals surface area (Å²) in [7, 11) is 0. The topological polar surface area (TPSA) is 113 Å². The maximum Gasteiger partial charge on any atom is 0.339 e. The molecule has 0 heterocycles. The van der Waals surface area contributed by atoms with Crippen LogP contribution in [0.15, 0.2) is 42.5 Å². The van der Waals surface area contributed by atoms with Gasteiger partial charge in [-0.3, -0.25) is 10.1 Å². The first-order chi connectivity index (χ1) is 11.0. The smallest absolute Gasteiger partial charge is 0.339 e. The number of rotatable bonds is 7. The van der Waals surface area contributed by atoms with Crippen molar-refractivity contribution < 1.29 is 19.9 Å². The van der Waals surface area contributed by atoms with Crippen LogP contribution < -0.4 is 5.32 Å². The normalized spacial score (nSPS) is 10.3. The summed E-state index contributed by atoms with van der Waals surface area (Å²) in [5.74, 6) is -1.45. The van der Waals surface area contributed by atoms with Crippen LogP contribution in [0.5, 0.6) is 5.75 Å². The summed E-state index contributed by atoms with van der Waals surface area (Å²) in [5, 5.41) is 32.0. The molecule has 0 radical (unpaired) electrons. The van der Waals surface area contributed by atoms with Crippen LogP contribution in [0.2, 0.25) is 0 Å². The van der Waals surface area contributed by atoms with Crippen LogP contribution in [0.25, 0.3) is 0 Å². The lowest BCUT2D eigenvalue weighted by Crippen LogP contribution is -2.05. The first-order valence-electron chi connectivity index (χ1n) is 7.01. The Hall–Kier alpha value is -3.09. The zero-order valence-electron chi connectivity index (χ0n) is 12.2. The van der Waals surface area contributed by atoms with Gasteiger partial charge in [-0.05, 0) is 36.6 Å². The average Bonchev–Trinajstić information content (AvgIpc) is 2.53. The largest absolute Gasteiger partial charge is 0.507 e. The van der Waals surface area contributed by atoms with E-state index in [2.05, 4.69) is 5.32 Å². The molecule has 0 atom stereocenters. The van der Waals surface area contributed by atoms with Crippen molar-refractivity contribution in [2.24, 2.45) is 0 Å². The van der Waals surface area contributed by atoms with E-state index < -0.39 is 10.9 Å². The Bertz CT molecular complexity index is 713. The van der Waals surface area contributed by atoms with Crippen molar-refractivity contribution in [3.63, 3.8) is 0 Å². The number of anilines is 1. The second-order valence-electron chi connectivity index (χ2n) is 4.99. The summed E-state index contributed by atoms with van der Waals surface area (Å²) in [6, 6.07) is 10.7. The number of phenols is 1. The predicted octanol–water partition coefficient (Wildman–Crippen LogP) is 3.04. The summed E-state index contributed by atoms with van der Waals surface area (Å²) in [6.45, 7) is 0.612. The maximum absolute atomic E-state index is 10.9. The highest BCUT2D eigenvalue weighted by molar-refractivity contribution is 5.91. The van der Waals surface area contributed by atoms with Gasteiger partial charge in [0.1, 0.15) is 11.3 Å². The molecule has 0 fully saturated rings. The molecule has 2 rings (SSSR count). The van der Waals surface area contributed by atoms with E-state index in [-0.39, 0.29) is 17.0 Å². The number of hydrogen-bond acceptors (Lipinski definition) is 5. The number of benzene rings is 2. The second kappa shape index (κ2) is 7.26. The van der Waals surface area contributed by atoms with Crippen LogP contribution >= 0.6 is 0 Å². The van der Waals surface area contributed by atoms with Gasteiger partial charge < -0.3 is 15.5 Å². The van der Waals surface area contributed by atoms with Crippen molar-refractivity contribution in [2.75, 3.05) is 11.9 Å². The van der Waals surface area contributed by atoms with Crippen LogP contribution in [0.3, 0.4) is 0 Å². The number of aryl methyl sites for hydroxylation is 1. The van der Waals surface area contributed by atoms with Crippen molar-refractivity contribution >= 4 is 17.3 Å². The van der Waals surface area contributed by atoms with E-state index in [1.165, 1.54) is 24.3 Å². The van der Waals surface area contributed by atoms with E-state index in [0.29, 0.717) is 12.2 Å². The highest BCUT2D eigenvalue weighted by Gasteiger charge is 2.09. The zero-order chi connectivity index (χ0) is 16.8. The van der Waals surface area contributed by atoms with Gasteiger partial charge in [0.2, 0.25) is 0 Å². The molecule has 0 bridgehead atoms. The van der Waals surface area contributed by atoms with Crippen molar-refractivity contribution in [1.29, 1.82) is 0 Å². The molecule has 2 aromatic carbocycles. The third-order valence-electron chi connectivity index (χ3n) is 3.35. The Labute approximate surface area is 132 Å². The van der Waals surface area contributed by atoms with Crippen molar-refractivity contribution in [3.05, 3.63) is 63.7 Å². The van der Waals surface area contributed by atoms with E-state index in [0.717, 1.165) is 18.4 Å². The van der Waals surface area contributed by atoms with E-state index >= 15 is 0 Å². The molecule has 120 valence electrons. The number of carbonyl (C=O) groups is 1. The van der Waals surface area contributed by atoms with Gasteiger partial charge in [-0.1, -0.05) is 12.1 Å². The molecule has 7 nitrogen and oxygen atoms in total. The maximum atomic E-state index is 10.9. The molecule has 0 saturated carbocycles. The zero-order valence-corrected chi connectivity index (χ0v) is 12.2. The number of carboxylic acid groups (broad SMARTS) is 1. The van der Waals surface area contributed by atoms with Crippen LogP contribution in [-0.4, -0.2) is 27.7 Å². The van der Waals surface area contributed by atoms with Gasteiger partial charge in [0, 0.05) is 24.4 Å². The lowest BCUT2D eigenvalue weighted by Gasteiger charge is -2.08. The van der Waals surface area contributed by atoms with E-state index in [1.54, 1.807) is 18.2 Å². The fourth-order valence-corrected chi connectivity index (χ4v) is 2.13. The van der Waals surface area contributed by atoms with Gasteiger partial charge in [0.15, 0.2) is 0 Å². The monoisotopic (exact) mass is 316 g/mol. The molecule has 7 heteroatoms. The minimum atomic E-state index is -1.18. The number of carboxylic acids is 1. The Morgan fingerprint density at radius 3 is 2.48 bits per heavy atom. The molecule has 0 spiro atoms. The number of nitrogens with one attached hydrogen (secondary N) is 1. The van der Waals surface area contributed by atoms with Crippen LogP contribution in [0, 0.1) is 10.1 Å². The molecule has 0 aromatic heterocycles. The number of aromatic carboxylic acids is 1. The first-order valence-corrected chi connectivity index (χ1v) is 7.01. The van der Waals surface area contributed by atoms with Crippen molar-refractivity contribution in [1.82, 2.24) is 0 Å². The Balaban J connectivity index is 1.84. The predicted molar refractivity (Wildman–Crippen MR) is 85.0 cm³/mol. The van der Waals surface area contributed by atoms with Crippen LogP contribution in [0.4, 0.5) is 11.4 Å². The lowest BCUT2D eigenvalue weighted by molar-refractivity contribution is -0.384. The van der Waals surface area contributed by atoms with E-state index in [9.17, 15) is 20.0 Å². The number of non-ortho nitro benzene ring substituents is 1. The first kappa shape index (κ1) is 16.3. The van der Waals surface area contributed by atoms with E-state index in [4.69, 9.17) is 5.11 Å². The van der Waals surface area contributed by atoms with Gasteiger partial charge >= 0.3 is 5.97 Å². The van der Waals surface area contributed by atoms with E-state index in [1.807, 2.05) is 0 Å². The second-order valence-corrected chi connectivity index (χ2v) is 4.99. The Kier molecular flexibility index (Phi) is 5.14. The minimum Gasteiger partial charge on any atom is -0.507 e. The van der Waals surface area contributed by atoms with Crippen molar-refractivity contribution in [2.45, 2.75) is 12.8 Å². The summed E-state index contributed by atoms with van der Waals surface area (Å²) in [5.41, 5.74) is 1.53. The molecule has 3 N–H and O–H groups in total. The lowest BCUT2D eigenvalue weighted by atomic mass is 10.1. The molecule has 0 aliphatic carbocycles.